The Morgan fingerprint density at radius 3 is 2.36 bits per heavy atom. The molecule has 0 saturated heterocycles. The lowest BCUT2D eigenvalue weighted by molar-refractivity contribution is -0.142. The van der Waals surface area contributed by atoms with Crippen LogP contribution in [0.25, 0.3) is 0 Å². The molecule has 0 aliphatic carbocycles. The summed E-state index contributed by atoms with van der Waals surface area (Å²) in [5.74, 6) is -0.154. The van der Waals surface area contributed by atoms with Gasteiger partial charge in [0.05, 0.1) is 7.11 Å². The summed E-state index contributed by atoms with van der Waals surface area (Å²) in [7, 11) is 1.62. The number of carbonyl (C=O) groups is 2. The number of benzene rings is 1. The standard InChI is InChI=1S/C17H25NO4/c1-12(2)11-15(17(20)21)18-16(19)6-4-5-13-7-9-14(22-3)10-8-13/h7-10,12,15H,4-6,11H2,1-3H3,(H,18,19)(H,20,21)/t15-/m0/s1. The number of carboxylic acid groups (broad SMARTS) is 1. The predicted molar refractivity (Wildman–Crippen MR) is 85.0 cm³/mol. The molecule has 1 aromatic carbocycles. The van der Waals surface area contributed by atoms with Gasteiger partial charge in [-0.1, -0.05) is 26.0 Å². The quantitative estimate of drug-likeness (QED) is 0.735. The first kappa shape index (κ1) is 18.0. The second kappa shape index (κ2) is 9.07. The average molecular weight is 307 g/mol. The number of carboxylic acids is 1. The van der Waals surface area contributed by atoms with Gasteiger partial charge >= 0.3 is 5.97 Å². The summed E-state index contributed by atoms with van der Waals surface area (Å²) in [5.41, 5.74) is 1.13. The lowest BCUT2D eigenvalue weighted by Gasteiger charge is -2.16. The number of amides is 1. The van der Waals surface area contributed by atoms with E-state index in [0.717, 1.165) is 17.7 Å². The van der Waals surface area contributed by atoms with Crippen molar-refractivity contribution in [2.75, 3.05) is 7.11 Å². The van der Waals surface area contributed by atoms with E-state index < -0.39 is 12.0 Å². The number of carbonyl (C=O) groups excluding carboxylic acids is 1. The smallest absolute Gasteiger partial charge is 0.326 e. The first-order valence-electron chi connectivity index (χ1n) is 7.57. The summed E-state index contributed by atoms with van der Waals surface area (Å²) in [5, 5.41) is 11.7. The third-order valence-corrected chi connectivity index (χ3v) is 3.37. The van der Waals surface area contributed by atoms with Crippen LogP contribution in [0.15, 0.2) is 24.3 Å². The third-order valence-electron chi connectivity index (χ3n) is 3.37. The molecule has 122 valence electrons. The lowest BCUT2D eigenvalue weighted by atomic mass is 10.0. The predicted octanol–water partition coefficient (Wildman–Crippen LogP) is 2.63. The molecule has 0 saturated carbocycles. The maximum atomic E-state index is 11.8. The zero-order chi connectivity index (χ0) is 16.5. The Morgan fingerprint density at radius 2 is 1.86 bits per heavy atom. The molecule has 5 heteroatoms. The Hall–Kier alpha value is -2.04. The average Bonchev–Trinajstić information content (AvgIpc) is 2.46. The SMILES string of the molecule is COc1ccc(CCCC(=O)N[C@@H](CC(C)C)C(=O)O)cc1. The highest BCUT2D eigenvalue weighted by Gasteiger charge is 2.20. The molecule has 0 aliphatic rings. The number of nitrogens with one attached hydrogen (secondary N) is 1. The highest BCUT2D eigenvalue weighted by Crippen LogP contribution is 2.13. The first-order valence-corrected chi connectivity index (χ1v) is 7.57. The summed E-state index contributed by atoms with van der Waals surface area (Å²) in [4.78, 5) is 22.9. The summed E-state index contributed by atoms with van der Waals surface area (Å²) in [6, 6.07) is 6.91. The molecular formula is C17H25NO4. The molecule has 1 aromatic rings. The molecular weight excluding hydrogens is 282 g/mol. The van der Waals surface area contributed by atoms with Crippen LogP contribution in [0, 0.1) is 5.92 Å². The number of aryl methyl sites for hydroxylation is 1. The molecule has 0 heterocycles. The van der Waals surface area contributed by atoms with Crippen molar-refractivity contribution in [3.8, 4) is 5.75 Å². The molecule has 2 N–H and O–H groups in total. The minimum absolute atomic E-state index is 0.207. The normalized spacial score (nSPS) is 12.0. The van der Waals surface area contributed by atoms with Gasteiger partial charge in [0.1, 0.15) is 11.8 Å². The van der Waals surface area contributed by atoms with E-state index in [0.29, 0.717) is 19.3 Å². The van der Waals surface area contributed by atoms with E-state index >= 15 is 0 Å². The summed E-state index contributed by atoms with van der Waals surface area (Å²) in [6.07, 6.45) is 2.24. The van der Waals surface area contributed by atoms with Crippen LogP contribution in [0.4, 0.5) is 0 Å². The van der Waals surface area contributed by atoms with Gasteiger partial charge in [-0.25, -0.2) is 4.79 Å². The molecule has 0 aliphatic heterocycles. The zero-order valence-electron chi connectivity index (χ0n) is 13.5. The first-order chi connectivity index (χ1) is 10.4. The number of hydrogen-bond acceptors (Lipinski definition) is 3. The Balaban J connectivity index is 2.36. The van der Waals surface area contributed by atoms with Crippen molar-refractivity contribution >= 4 is 11.9 Å². The molecule has 1 atom stereocenters. The van der Waals surface area contributed by atoms with Gasteiger partial charge < -0.3 is 15.2 Å². The fourth-order valence-corrected chi connectivity index (χ4v) is 2.20. The molecule has 0 aromatic heterocycles. The van der Waals surface area contributed by atoms with Crippen LogP contribution >= 0.6 is 0 Å². The van der Waals surface area contributed by atoms with E-state index in [1.807, 2.05) is 38.1 Å². The maximum Gasteiger partial charge on any atom is 0.326 e. The molecule has 22 heavy (non-hydrogen) atoms. The summed E-state index contributed by atoms with van der Waals surface area (Å²) < 4.78 is 5.09. The zero-order valence-corrected chi connectivity index (χ0v) is 13.5. The van der Waals surface area contributed by atoms with Crippen LogP contribution in [0.5, 0.6) is 5.75 Å². The number of methoxy groups -OCH3 is 1. The minimum atomic E-state index is -0.975. The van der Waals surface area contributed by atoms with E-state index in [-0.39, 0.29) is 11.8 Å². The van der Waals surface area contributed by atoms with Crippen LogP contribution < -0.4 is 10.1 Å². The summed E-state index contributed by atoms with van der Waals surface area (Å²) >= 11 is 0. The Morgan fingerprint density at radius 1 is 1.23 bits per heavy atom. The maximum absolute atomic E-state index is 11.8. The van der Waals surface area contributed by atoms with Crippen molar-refractivity contribution in [2.45, 2.75) is 45.6 Å². The molecule has 5 nitrogen and oxygen atoms in total. The van der Waals surface area contributed by atoms with Crippen LogP contribution in [0.1, 0.15) is 38.7 Å². The third kappa shape index (κ3) is 6.61. The Kier molecular flexibility index (Phi) is 7.43. The largest absolute Gasteiger partial charge is 0.497 e. The van der Waals surface area contributed by atoms with E-state index in [9.17, 15) is 9.59 Å². The van der Waals surface area contributed by atoms with Crippen molar-refractivity contribution in [2.24, 2.45) is 5.92 Å². The second-order valence-electron chi connectivity index (χ2n) is 5.79. The Bertz CT molecular complexity index is 482. The highest BCUT2D eigenvalue weighted by molar-refractivity contribution is 5.83. The van der Waals surface area contributed by atoms with Gasteiger partial charge in [0.15, 0.2) is 0 Å². The fraction of sp³-hybridized carbons (Fsp3) is 0.529. The van der Waals surface area contributed by atoms with Gasteiger partial charge in [0.25, 0.3) is 0 Å². The molecule has 0 unspecified atom stereocenters. The van der Waals surface area contributed by atoms with Crippen molar-refractivity contribution in [3.63, 3.8) is 0 Å². The van der Waals surface area contributed by atoms with Gasteiger partial charge in [-0.15, -0.1) is 0 Å². The lowest BCUT2D eigenvalue weighted by Crippen LogP contribution is -2.41. The van der Waals surface area contributed by atoms with Gasteiger partial charge in [-0.2, -0.15) is 0 Å². The molecule has 1 amide bonds. The molecule has 0 bridgehead atoms. The minimum Gasteiger partial charge on any atom is -0.497 e. The number of rotatable bonds is 9. The van der Waals surface area contributed by atoms with Crippen molar-refractivity contribution < 1.29 is 19.4 Å². The monoisotopic (exact) mass is 307 g/mol. The van der Waals surface area contributed by atoms with Gasteiger partial charge in [0.2, 0.25) is 5.91 Å². The second-order valence-corrected chi connectivity index (χ2v) is 5.79. The molecule has 0 fully saturated rings. The van der Waals surface area contributed by atoms with Crippen LogP contribution in [0.2, 0.25) is 0 Å². The van der Waals surface area contributed by atoms with E-state index in [1.165, 1.54) is 0 Å². The van der Waals surface area contributed by atoms with Crippen LogP contribution in [0.3, 0.4) is 0 Å². The van der Waals surface area contributed by atoms with Crippen LogP contribution in [-0.4, -0.2) is 30.1 Å². The Labute approximate surface area is 131 Å². The topological polar surface area (TPSA) is 75.6 Å². The fourth-order valence-electron chi connectivity index (χ4n) is 2.20. The van der Waals surface area contributed by atoms with E-state index in [4.69, 9.17) is 9.84 Å². The van der Waals surface area contributed by atoms with E-state index in [1.54, 1.807) is 7.11 Å². The van der Waals surface area contributed by atoms with Crippen molar-refractivity contribution in [3.05, 3.63) is 29.8 Å². The highest BCUT2D eigenvalue weighted by atomic mass is 16.5. The van der Waals surface area contributed by atoms with Crippen LogP contribution in [-0.2, 0) is 16.0 Å². The number of ether oxygens (including phenoxy) is 1. The molecule has 0 radical (unpaired) electrons. The number of hydrogen-bond donors (Lipinski definition) is 2. The van der Waals surface area contributed by atoms with Crippen molar-refractivity contribution in [1.29, 1.82) is 0 Å². The molecule has 0 spiro atoms. The molecule has 1 rings (SSSR count). The van der Waals surface area contributed by atoms with Gasteiger partial charge in [-0.3, -0.25) is 4.79 Å². The van der Waals surface area contributed by atoms with Gasteiger partial charge in [-0.05, 0) is 42.9 Å². The van der Waals surface area contributed by atoms with Crippen molar-refractivity contribution in [1.82, 2.24) is 5.32 Å². The van der Waals surface area contributed by atoms with Gasteiger partial charge in [0, 0.05) is 6.42 Å². The van der Waals surface area contributed by atoms with E-state index in [2.05, 4.69) is 5.32 Å². The number of aliphatic carboxylic acids is 1. The summed E-state index contributed by atoms with van der Waals surface area (Å²) in [6.45, 7) is 3.87.